The lowest BCUT2D eigenvalue weighted by atomic mass is 10.2. The number of aliphatic imine (C=N–C) groups is 1. The topological polar surface area (TPSA) is 73.8 Å². The first kappa shape index (κ1) is 22.0. The molecule has 25 heavy (non-hydrogen) atoms. The standard InChI is InChI=1S/C17H28N4O2S.HI/c1-4-14(3)20-17(18-5-2)19-11-13-24(22,23)21-12-10-15-8-6-7-9-16(15)21;/h6-9,14H,4-5,10-13H2,1-3H3,(H2,18,19,20);1H. The second-order valence-electron chi connectivity index (χ2n) is 5.98. The molecule has 1 heterocycles. The highest BCUT2D eigenvalue weighted by Gasteiger charge is 2.28. The number of hydrogen-bond donors (Lipinski definition) is 2. The Morgan fingerprint density at radius 3 is 2.72 bits per heavy atom. The monoisotopic (exact) mass is 480 g/mol. The predicted molar refractivity (Wildman–Crippen MR) is 116 cm³/mol. The Labute approximate surface area is 168 Å². The van der Waals surface area contributed by atoms with Crippen LogP contribution < -0.4 is 14.9 Å². The Morgan fingerprint density at radius 1 is 1.32 bits per heavy atom. The quantitative estimate of drug-likeness (QED) is 0.357. The highest BCUT2D eigenvalue weighted by atomic mass is 127. The molecular formula is C17H29IN4O2S. The number of benzene rings is 1. The Hall–Kier alpha value is -1.03. The van der Waals surface area contributed by atoms with Crippen molar-refractivity contribution in [2.75, 3.05) is 29.7 Å². The van der Waals surface area contributed by atoms with Gasteiger partial charge in [-0.3, -0.25) is 9.30 Å². The maximum Gasteiger partial charge on any atom is 0.237 e. The van der Waals surface area contributed by atoms with Crippen molar-refractivity contribution < 1.29 is 8.42 Å². The zero-order chi connectivity index (χ0) is 17.6. The van der Waals surface area contributed by atoms with E-state index in [0.29, 0.717) is 18.5 Å². The number of para-hydroxylation sites is 1. The molecule has 1 aliphatic heterocycles. The van der Waals surface area contributed by atoms with E-state index in [9.17, 15) is 8.42 Å². The van der Waals surface area contributed by atoms with Gasteiger partial charge in [0.25, 0.3) is 0 Å². The fourth-order valence-electron chi connectivity index (χ4n) is 2.64. The fraction of sp³-hybridized carbons (Fsp3) is 0.588. The number of hydrogen-bond acceptors (Lipinski definition) is 3. The Bertz CT molecular complexity index is 679. The largest absolute Gasteiger partial charge is 0.357 e. The van der Waals surface area contributed by atoms with E-state index in [1.807, 2.05) is 31.2 Å². The number of sulfonamides is 1. The van der Waals surface area contributed by atoms with E-state index in [1.54, 1.807) is 0 Å². The summed E-state index contributed by atoms with van der Waals surface area (Å²) in [6.45, 7) is 7.67. The van der Waals surface area contributed by atoms with Crippen LogP contribution in [-0.2, 0) is 16.4 Å². The molecule has 2 rings (SSSR count). The average Bonchev–Trinajstić information content (AvgIpc) is 2.99. The number of nitrogens with one attached hydrogen (secondary N) is 2. The van der Waals surface area contributed by atoms with Crippen molar-refractivity contribution in [1.29, 1.82) is 0 Å². The molecule has 1 atom stereocenters. The van der Waals surface area contributed by atoms with Crippen LogP contribution in [0.2, 0.25) is 0 Å². The van der Waals surface area contributed by atoms with E-state index in [0.717, 1.165) is 30.6 Å². The van der Waals surface area contributed by atoms with Gasteiger partial charge in [-0.05, 0) is 38.3 Å². The second-order valence-corrected chi connectivity index (χ2v) is 7.99. The van der Waals surface area contributed by atoms with Crippen LogP contribution in [0.25, 0.3) is 0 Å². The molecule has 0 radical (unpaired) electrons. The number of guanidine groups is 1. The van der Waals surface area contributed by atoms with Crippen molar-refractivity contribution in [3.8, 4) is 0 Å². The summed E-state index contributed by atoms with van der Waals surface area (Å²) in [5.74, 6) is 0.683. The lowest BCUT2D eigenvalue weighted by Crippen LogP contribution is -2.42. The summed E-state index contributed by atoms with van der Waals surface area (Å²) < 4.78 is 26.8. The highest BCUT2D eigenvalue weighted by Crippen LogP contribution is 2.29. The van der Waals surface area contributed by atoms with E-state index in [1.165, 1.54) is 4.31 Å². The van der Waals surface area contributed by atoms with E-state index in [4.69, 9.17) is 0 Å². The number of rotatable bonds is 7. The van der Waals surface area contributed by atoms with Crippen LogP contribution in [0.15, 0.2) is 29.3 Å². The molecule has 0 spiro atoms. The molecular weight excluding hydrogens is 451 g/mol. The molecule has 2 N–H and O–H groups in total. The summed E-state index contributed by atoms with van der Waals surface area (Å²) in [6, 6.07) is 7.98. The van der Waals surface area contributed by atoms with E-state index >= 15 is 0 Å². The molecule has 1 aromatic rings. The third-order valence-corrected chi connectivity index (χ3v) is 5.89. The van der Waals surface area contributed by atoms with Crippen LogP contribution in [0, 0.1) is 0 Å². The Morgan fingerprint density at radius 2 is 2.04 bits per heavy atom. The van der Waals surface area contributed by atoms with Crippen molar-refractivity contribution in [3.63, 3.8) is 0 Å². The first-order valence-electron chi connectivity index (χ1n) is 8.61. The number of halogens is 1. The molecule has 0 fully saturated rings. The van der Waals surface area contributed by atoms with Gasteiger partial charge in [0.05, 0.1) is 18.0 Å². The highest BCUT2D eigenvalue weighted by molar-refractivity contribution is 14.0. The Balaban J connectivity index is 0.00000312. The van der Waals surface area contributed by atoms with E-state index in [2.05, 4.69) is 29.5 Å². The normalized spacial score (nSPS) is 15.3. The van der Waals surface area contributed by atoms with Crippen LogP contribution in [0.5, 0.6) is 0 Å². The summed E-state index contributed by atoms with van der Waals surface area (Å²) in [5.41, 5.74) is 1.91. The number of fused-ring (bicyclic) bond motifs is 1. The summed E-state index contributed by atoms with van der Waals surface area (Å²) in [6.07, 6.45) is 1.75. The summed E-state index contributed by atoms with van der Waals surface area (Å²) in [5, 5.41) is 6.42. The zero-order valence-electron chi connectivity index (χ0n) is 15.2. The minimum atomic E-state index is -3.35. The van der Waals surface area contributed by atoms with Gasteiger partial charge < -0.3 is 10.6 Å². The molecule has 0 amide bonds. The van der Waals surface area contributed by atoms with Crippen LogP contribution in [0.3, 0.4) is 0 Å². The van der Waals surface area contributed by atoms with Gasteiger partial charge in [0.15, 0.2) is 5.96 Å². The molecule has 6 nitrogen and oxygen atoms in total. The molecule has 0 aliphatic carbocycles. The molecule has 142 valence electrons. The number of nitrogens with zero attached hydrogens (tertiary/aromatic N) is 2. The molecule has 1 aromatic carbocycles. The van der Waals surface area contributed by atoms with Crippen LogP contribution in [-0.4, -0.2) is 45.8 Å². The summed E-state index contributed by atoms with van der Waals surface area (Å²) >= 11 is 0. The molecule has 8 heteroatoms. The van der Waals surface area contributed by atoms with Gasteiger partial charge in [-0.2, -0.15) is 0 Å². The smallest absolute Gasteiger partial charge is 0.237 e. The van der Waals surface area contributed by atoms with Gasteiger partial charge in [-0.15, -0.1) is 24.0 Å². The van der Waals surface area contributed by atoms with Gasteiger partial charge in [-0.25, -0.2) is 8.42 Å². The van der Waals surface area contributed by atoms with Gasteiger partial charge in [-0.1, -0.05) is 25.1 Å². The average molecular weight is 480 g/mol. The second kappa shape index (κ2) is 10.2. The molecule has 0 aromatic heterocycles. The minimum absolute atomic E-state index is 0. The van der Waals surface area contributed by atoms with E-state index in [-0.39, 0.29) is 36.3 Å². The van der Waals surface area contributed by atoms with Gasteiger partial charge >= 0.3 is 0 Å². The third-order valence-electron chi connectivity index (χ3n) is 4.14. The molecule has 1 unspecified atom stereocenters. The van der Waals surface area contributed by atoms with Crippen molar-refractivity contribution in [2.45, 2.75) is 39.7 Å². The predicted octanol–water partition coefficient (Wildman–Crippen LogP) is 2.35. The third kappa shape index (κ3) is 6.02. The molecule has 0 saturated heterocycles. The summed E-state index contributed by atoms with van der Waals surface area (Å²) in [7, 11) is -3.35. The van der Waals surface area contributed by atoms with Crippen molar-refractivity contribution in [2.24, 2.45) is 4.99 Å². The Kier molecular flexibility index (Phi) is 8.98. The maximum absolute atomic E-state index is 12.6. The minimum Gasteiger partial charge on any atom is -0.357 e. The van der Waals surface area contributed by atoms with Gasteiger partial charge in [0.1, 0.15) is 0 Å². The first-order valence-corrected chi connectivity index (χ1v) is 10.2. The van der Waals surface area contributed by atoms with Crippen LogP contribution in [0.1, 0.15) is 32.8 Å². The van der Waals surface area contributed by atoms with Crippen molar-refractivity contribution in [3.05, 3.63) is 29.8 Å². The first-order chi connectivity index (χ1) is 11.5. The van der Waals surface area contributed by atoms with Gasteiger partial charge in [0, 0.05) is 19.1 Å². The van der Waals surface area contributed by atoms with Crippen LogP contribution >= 0.6 is 24.0 Å². The lowest BCUT2D eigenvalue weighted by Gasteiger charge is -2.19. The lowest BCUT2D eigenvalue weighted by molar-refractivity contribution is 0.591. The molecule has 0 bridgehead atoms. The SMILES string of the molecule is CCNC(=NCCS(=O)(=O)N1CCc2ccccc21)NC(C)CC.I. The van der Waals surface area contributed by atoms with Crippen LogP contribution in [0.4, 0.5) is 5.69 Å². The molecule has 0 saturated carbocycles. The number of anilines is 1. The summed E-state index contributed by atoms with van der Waals surface area (Å²) in [4.78, 5) is 4.40. The van der Waals surface area contributed by atoms with Crippen molar-refractivity contribution >= 4 is 45.6 Å². The van der Waals surface area contributed by atoms with Gasteiger partial charge in [0.2, 0.25) is 10.0 Å². The van der Waals surface area contributed by atoms with Crippen molar-refractivity contribution in [1.82, 2.24) is 10.6 Å². The maximum atomic E-state index is 12.6. The van der Waals surface area contributed by atoms with E-state index < -0.39 is 10.0 Å². The fourth-order valence-corrected chi connectivity index (χ4v) is 4.03. The zero-order valence-corrected chi connectivity index (χ0v) is 18.3. The molecule has 1 aliphatic rings.